The van der Waals surface area contributed by atoms with Gasteiger partial charge in [-0.3, -0.25) is 0 Å². The molecule has 1 saturated carbocycles. The Labute approximate surface area is 126 Å². The van der Waals surface area contributed by atoms with Crippen molar-refractivity contribution < 1.29 is 8.78 Å². The lowest BCUT2D eigenvalue weighted by molar-refractivity contribution is 0.587. The van der Waals surface area contributed by atoms with Gasteiger partial charge in [-0.1, -0.05) is 11.6 Å². The van der Waals surface area contributed by atoms with Crippen molar-refractivity contribution >= 4 is 17.4 Å². The molecule has 1 heterocycles. The van der Waals surface area contributed by atoms with Crippen molar-refractivity contribution in [3.05, 3.63) is 51.9 Å². The van der Waals surface area contributed by atoms with Crippen LogP contribution in [0.4, 0.5) is 14.6 Å². The molecule has 0 amide bonds. The number of hydrogen-bond acceptors (Lipinski definition) is 3. The fourth-order valence-corrected chi connectivity index (χ4v) is 2.24. The maximum atomic E-state index is 13.6. The van der Waals surface area contributed by atoms with Gasteiger partial charge in [-0.2, -0.15) is 0 Å². The Morgan fingerprint density at radius 1 is 1.29 bits per heavy atom. The van der Waals surface area contributed by atoms with Gasteiger partial charge in [0.1, 0.15) is 28.4 Å². The Bertz CT molecular complexity index is 687. The molecule has 1 aliphatic rings. The summed E-state index contributed by atoms with van der Waals surface area (Å²) in [5.74, 6) is 0.733. The van der Waals surface area contributed by atoms with Gasteiger partial charge >= 0.3 is 0 Å². The second kappa shape index (κ2) is 5.56. The minimum Gasteiger partial charge on any atom is -0.366 e. The van der Waals surface area contributed by atoms with Gasteiger partial charge in [-0.15, -0.1) is 0 Å². The van der Waals surface area contributed by atoms with E-state index in [9.17, 15) is 8.78 Å². The van der Waals surface area contributed by atoms with Gasteiger partial charge < -0.3 is 5.32 Å². The molecule has 0 spiro atoms. The van der Waals surface area contributed by atoms with Crippen LogP contribution in [0.2, 0.25) is 5.15 Å². The van der Waals surface area contributed by atoms with Crippen LogP contribution in [0.1, 0.15) is 35.7 Å². The maximum absolute atomic E-state index is 13.6. The fraction of sp³-hybridized carbons (Fsp3) is 0.333. The van der Waals surface area contributed by atoms with E-state index in [4.69, 9.17) is 11.6 Å². The van der Waals surface area contributed by atoms with Gasteiger partial charge in [0.25, 0.3) is 0 Å². The fourth-order valence-electron chi connectivity index (χ4n) is 2.06. The highest BCUT2D eigenvalue weighted by Crippen LogP contribution is 2.39. The van der Waals surface area contributed by atoms with Crippen molar-refractivity contribution in [1.29, 1.82) is 0 Å². The van der Waals surface area contributed by atoms with Crippen molar-refractivity contribution in [1.82, 2.24) is 9.97 Å². The lowest BCUT2D eigenvalue weighted by Gasteiger charge is -2.12. The van der Waals surface area contributed by atoms with E-state index in [-0.39, 0.29) is 12.1 Å². The Hall–Kier alpha value is -1.75. The summed E-state index contributed by atoms with van der Waals surface area (Å²) in [7, 11) is 0. The van der Waals surface area contributed by atoms with E-state index in [1.54, 1.807) is 6.92 Å². The van der Waals surface area contributed by atoms with Gasteiger partial charge in [0.15, 0.2) is 0 Å². The summed E-state index contributed by atoms with van der Waals surface area (Å²) in [5.41, 5.74) is 0.954. The molecular weight excluding hydrogens is 296 g/mol. The zero-order chi connectivity index (χ0) is 15.0. The van der Waals surface area contributed by atoms with Crippen molar-refractivity contribution in [2.24, 2.45) is 0 Å². The highest BCUT2D eigenvalue weighted by Gasteiger charge is 2.28. The predicted octanol–water partition coefficient (Wildman–Crippen LogP) is 4.21. The van der Waals surface area contributed by atoms with E-state index in [1.807, 2.05) is 0 Å². The Kier molecular flexibility index (Phi) is 3.76. The quantitative estimate of drug-likeness (QED) is 0.860. The van der Waals surface area contributed by atoms with Gasteiger partial charge in [0.2, 0.25) is 0 Å². The van der Waals surface area contributed by atoms with Crippen molar-refractivity contribution in [3.63, 3.8) is 0 Å². The Morgan fingerprint density at radius 3 is 2.76 bits per heavy atom. The van der Waals surface area contributed by atoms with Crippen LogP contribution < -0.4 is 5.32 Å². The number of nitrogens with zero attached hydrogens (tertiary/aromatic N) is 2. The summed E-state index contributed by atoms with van der Waals surface area (Å²) in [5, 5.41) is 3.42. The van der Waals surface area contributed by atoms with Crippen molar-refractivity contribution in [2.75, 3.05) is 5.32 Å². The molecule has 2 aromatic rings. The Morgan fingerprint density at radius 2 is 2.05 bits per heavy atom. The first-order chi connectivity index (χ1) is 10.0. The summed E-state index contributed by atoms with van der Waals surface area (Å²) in [6, 6.07) is 3.38. The molecule has 0 bridgehead atoms. The third-order valence-electron chi connectivity index (χ3n) is 3.50. The molecule has 6 heteroatoms. The number of benzene rings is 1. The molecule has 1 aliphatic carbocycles. The summed E-state index contributed by atoms with van der Waals surface area (Å²) in [4.78, 5) is 8.70. The van der Waals surface area contributed by atoms with Crippen LogP contribution in [0.25, 0.3) is 0 Å². The average molecular weight is 310 g/mol. The number of anilines is 1. The number of hydrogen-bond donors (Lipinski definition) is 1. The lowest BCUT2D eigenvalue weighted by atomic mass is 10.2. The summed E-state index contributed by atoms with van der Waals surface area (Å²) in [6.45, 7) is 1.94. The summed E-state index contributed by atoms with van der Waals surface area (Å²) < 4.78 is 26.8. The molecule has 21 heavy (non-hydrogen) atoms. The first kappa shape index (κ1) is 14.2. The van der Waals surface area contributed by atoms with Gasteiger partial charge in [-0.25, -0.2) is 18.7 Å². The van der Waals surface area contributed by atoms with E-state index in [2.05, 4.69) is 15.3 Å². The van der Waals surface area contributed by atoms with Crippen LogP contribution in [0.5, 0.6) is 0 Å². The first-order valence-electron chi connectivity index (χ1n) is 6.76. The van der Waals surface area contributed by atoms with E-state index in [1.165, 1.54) is 6.07 Å². The molecule has 1 fully saturated rings. The molecule has 0 atom stereocenters. The number of nitrogens with one attached hydrogen (secondary N) is 1. The monoisotopic (exact) mass is 309 g/mol. The predicted molar refractivity (Wildman–Crippen MR) is 77.4 cm³/mol. The van der Waals surface area contributed by atoms with Crippen LogP contribution in [0, 0.1) is 18.6 Å². The minimum atomic E-state index is -0.468. The molecule has 1 aromatic carbocycles. The second-order valence-electron chi connectivity index (χ2n) is 5.21. The molecule has 3 rings (SSSR count). The average Bonchev–Trinajstić information content (AvgIpc) is 3.28. The number of halogens is 3. The van der Waals surface area contributed by atoms with E-state index in [0.717, 1.165) is 25.0 Å². The third kappa shape index (κ3) is 3.13. The molecular formula is C15H14ClF2N3. The third-order valence-corrected chi connectivity index (χ3v) is 3.87. The van der Waals surface area contributed by atoms with Crippen LogP contribution in [-0.2, 0) is 6.54 Å². The smallest absolute Gasteiger partial charge is 0.137 e. The normalized spacial score (nSPS) is 14.3. The number of aromatic nitrogens is 2. The van der Waals surface area contributed by atoms with Crippen molar-refractivity contribution in [2.45, 2.75) is 32.2 Å². The highest BCUT2D eigenvalue weighted by molar-refractivity contribution is 6.30. The summed E-state index contributed by atoms with van der Waals surface area (Å²) >= 11 is 6.10. The van der Waals surface area contributed by atoms with Crippen LogP contribution in [-0.4, -0.2) is 9.97 Å². The molecule has 110 valence electrons. The topological polar surface area (TPSA) is 37.8 Å². The standard InChI is InChI=1S/C15H14ClF2N3/c1-8-13(16)20-15(9-2-3-9)21-14(8)19-7-10-6-11(17)4-5-12(10)18/h4-6,9H,2-3,7H2,1H3,(H,19,20,21). The molecule has 0 unspecified atom stereocenters. The number of rotatable bonds is 4. The largest absolute Gasteiger partial charge is 0.366 e. The van der Waals surface area contributed by atoms with Gasteiger partial charge in [-0.05, 0) is 38.0 Å². The first-order valence-corrected chi connectivity index (χ1v) is 7.14. The van der Waals surface area contributed by atoms with Gasteiger partial charge in [0.05, 0.1) is 0 Å². The zero-order valence-corrected chi connectivity index (χ0v) is 12.2. The summed E-state index contributed by atoms with van der Waals surface area (Å²) in [6.07, 6.45) is 2.13. The molecule has 1 N–H and O–H groups in total. The molecule has 0 aliphatic heterocycles. The van der Waals surface area contributed by atoms with E-state index < -0.39 is 11.6 Å². The van der Waals surface area contributed by atoms with Gasteiger partial charge in [0, 0.05) is 23.6 Å². The lowest BCUT2D eigenvalue weighted by Crippen LogP contribution is -2.08. The minimum absolute atomic E-state index is 0.141. The molecule has 0 radical (unpaired) electrons. The van der Waals surface area contributed by atoms with Crippen LogP contribution in [0.3, 0.4) is 0 Å². The Balaban J connectivity index is 1.82. The van der Waals surface area contributed by atoms with E-state index >= 15 is 0 Å². The molecule has 1 aromatic heterocycles. The second-order valence-corrected chi connectivity index (χ2v) is 5.57. The van der Waals surface area contributed by atoms with Crippen LogP contribution in [0.15, 0.2) is 18.2 Å². The zero-order valence-electron chi connectivity index (χ0n) is 11.5. The molecule has 3 nitrogen and oxygen atoms in total. The van der Waals surface area contributed by atoms with Crippen LogP contribution >= 0.6 is 11.6 Å². The van der Waals surface area contributed by atoms with Crippen molar-refractivity contribution in [3.8, 4) is 0 Å². The highest BCUT2D eigenvalue weighted by atomic mass is 35.5. The molecule has 0 saturated heterocycles. The van der Waals surface area contributed by atoms with E-state index in [0.29, 0.717) is 28.3 Å². The maximum Gasteiger partial charge on any atom is 0.137 e. The SMILES string of the molecule is Cc1c(Cl)nc(C2CC2)nc1NCc1cc(F)ccc1F.